The molecule has 0 saturated carbocycles. The van der Waals surface area contributed by atoms with Crippen molar-refractivity contribution >= 4 is 39.8 Å². The van der Waals surface area contributed by atoms with E-state index in [4.69, 9.17) is 4.74 Å². The number of aromatic nitrogens is 3. The molecule has 0 aliphatic heterocycles. The average molecular weight is 414 g/mol. The Morgan fingerprint density at radius 1 is 1.21 bits per heavy atom. The van der Waals surface area contributed by atoms with E-state index in [0.717, 1.165) is 16.8 Å². The topological polar surface area (TPSA) is 110 Å². The van der Waals surface area contributed by atoms with Crippen LogP contribution in [0, 0.1) is 13.8 Å². The third-order valence-electron chi connectivity index (χ3n) is 4.39. The number of aryl methyl sites for hydroxylation is 2. The molecule has 2 aromatic heterocycles. The molecule has 152 valence electrons. The van der Waals surface area contributed by atoms with Crippen molar-refractivity contribution in [2.45, 2.75) is 13.8 Å². The summed E-state index contributed by atoms with van der Waals surface area (Å²) in [6.45, 7) is 3.82. The number of hydrogen-bond donors (Lipinski definition) is 3. The highest BCUT2D eigenvalue weighted by molar-refractivity contribution is 7.17. The van der Waals surface area contributed by atoms with Gasteiger partial charge in [-0.25, -0.2) is 4.98 Å². The second kappa shape index (κ2) is 8.31. The summed E-state index contributed by atoms with van der Waals surface area (Å²) < 4.78 is 6.80. The molecule has 0 aliphatic rings. The van der Waals surface area contributed by atoms with E-state index in [9.17, 15) is 9.59 Å². The molecule has 0 saturated heterocycles. The van der Waals surface area contributed by atoms with Crippen molar-refractivity contribution in [1.29, 1.82) is 0 Å². The number of benzene rings is 1. The highest BCUT2D eigenvalue weighted by atomic mass is 32.1. The summed E-state index contributed by atoms with van der Waals surface area (Å²) in [6, 6.07) is 5.38. The monoisotopic (exact) mass is 414 g/mol. The van der Waals surface area contributed by atoms with Crippen LogP contribution in [-0.4, -0.2) is 40.7 Å². The Bertz CT molecular complexity index is 1070. The van der Waals surface area contributed by atoms with Crippen LogP contribution in [0.2, 0.25) is 0 Å². The lowest BCUT2D eigenvalue weighted by Crippen LogP contribution is -2.20. The van der Waals surface area contributed by atoms with E-state index in [2.05, 4.69) is 26.0 Å². The van der Waals surface area contributed by atoms with Crippen LogP contribution in [0.3, 0.4) is 0 Å². The molecule has 29 heavy (non-hydrogen) atoms. The van der Waals surface area contributed by atoms with Crippen LogP contribution < -0.4 is 20.7 Å². The zero-order valence-electron chi connectivity index (χ0n) is 16.8. The molecule has 0 radical (unpaired) electrons. The molecule has 0 fully saturated rings. The lowest BCUT2D eigenvalue weighted by atomic mass is 10.1. The van der Waals surface area contributed by atoms with Gasteiger partial charge in [-0.05, 0) is 25.5 Å². The third-order valence-corrected chi connectivity index (χ3v) is 5.30. The molecule has 9 nitrogen and oxygen atoms in total. The van der Waals surface area contributed by atoms with Gasteiger partial charge in [-0.1, -0.05) is 17.4 Å². The van der Waals surface area contributed by atoms with Crippen LogP contribution in [0.5, 0.6) is 5.75 Å². The van der Waals surface area contributed by atoms with E-state index in [-0.39, 0.29) is 11.8 Å². The predicted molar refractivity (Wildman–Crippen MR) is 112 cm³/mol. The smallest absolute Gasteiger partial charge is 0.269 e. The van der Waals surface area contributed by atoms with Gasteiger partial charge < -0.3 is 20.7 Å². The number of ether oxygens (including phenoxy) is 1. The van der Waals surface area contributed by atoms with Crippen LogP contribution in [-0.2, 0) is 7.05 Å². The summed E-state index contributed by atoms with van der Waals surface area (Å²) in [5.74, 6) is 0.671. The Morgan fingerprint density at radius 2 is 1.97 bits per heavy atom. The number of hydrogen-bond acceptors (Lipinski definition) is 7. The molecule has 0 aliphatic carbocycles. The zero-order chi connectivity index (χ0) is 21.1. The van der Waals surface area contributed by atoms with Gasteiger partial charge >= 0.3 is 0 Å². The summed E-state index contributed by atoms with van der Waals surface area (Å²) in [4.78, 5) is 29.2. The lowest BCUT2D eigenvalue weighted by molar-refractivity contribution is 0.0953. The van der Waals surface area contributed by atoms with Crippen molar-refractivity contribution in [3.63, 3.8) is 0 Å². The molecule has 2 amide bonds. The van der Waals surface area contributed by atoms with Crippen molar-refractivity contribution in [2.75, 3.05) is 24.8 Å². The van der Waals surface area contributed by atoms with E-state index in [1.165, 1.54) is 22.2 Å². The number of rotatable bonds is 6. The second-order valence-electron chi connectivity index (χ2n) is 6.31. The van der Waals surface area contributed by atoms with Gasteiger partial charge in [0.25, 0.3) is 11.8 Å². The number of amides is 2. The minimum Gasteiger partial charge on any atom is -0.496 e. The number of nitrogens with one attached hydrogen (secondary N) is 3. The standard InChI is InChI=1S/C19H22N6O3S/c1-10-6-7-13(28-5)11(2)16(10)23-18(27)14-9-21-19(29-14)22-15-8-12(17(26)20-3)25(4)24-15/h6-9H,1-5H3,(H,20,26)(H,23,27)(H,21,22,24). The minimum atomic E-state index is -0.262. The molecule has 2 heterocycles. The number of anilines is 3. The van der Waals surface area contributed by atoms with Gasteiger partial charge in [0.15, 0.2) is 10.9 Å². The first-order valence-electron chi connectivity index (χ1n) is 8.78. The van der Waals surface area contributed by atoms with Crippen LogP contribution in [0.15, 0.2) is 24.4 Å². The lowest BCUT2D eigenvalue weighted by Gasteiger charge is -2.14. The first kappa shape index (κ1) is 20.3. The molecule has 0 bridgehead atoms. The van der Waals surface area contributed by atoms with Crippen molar-refractivity contribution in [3.05, 3.63) is 46.1 Å². The van der Waals surface area contributed by atoms with Crippen molar-refractivity contribution in [3.8, 4) is 5.75 Å². The number of methoxy groups -OCH3 is 1. The fourth-order valence-electron chi connectivity index (χ4n) is 2.83. The summed E-state index contributed by atoms with van der Waals surface area (Å²) >= 11 is 1.19. The number of carbonyl (C=O) groups is 2. The van der Waals surface area contributed by atoms with E-state index in [1.54, 1.807) is 27.3 Å². The van der Waals surface area contributed by atoms with Gasteiger partial charge in [0.2, 0.25) is 0 Å². The van der Waals surface area contributed by atoms with Crippen LogP contribution in [0.4, 0.5) is 16.6 Å². The van der Waals surface area contributed by atoms with Crippen molar-refractivity contribution in [1.82, 2.24) is 20.1 Å². The number of carbonyl (C=O) groups excluding carboxylic acids is 2. The predicted octanol–water partition coefficient (Wildman–Crippen LogP) is 2.86. The molecule has 3 aromatic rings. The Labute approximate surface area is 172 Å². The summed E-state index contributed by atoms with van der Waals surface area (Å²) in [6.07, 6.45) is 1.50. The quantitative estimate of drug-likeness (QED) is 0.572. The van der Waals surface area contributed by atoms with Gasteiger partial charge in [-0.3, -0.25) is 14.3 Å². The van der Waals surface area contributed by atoms with Crippen LogP contribution >= 0.6 is 11.3 Å². The molecular weight excluding hydrogens is 392 g/mol. The minimum absolute atomic E-state index is 0.240. The van der Waals surface area contributed by atoms with Crippen molar-refractivity contribution < 1.29 is 14.3 Å². The van der Waals surface area contributed by atoms with Gasteiger partial charge in [0.1, 0.15) is 16.3 Å². The maximum atomic E-state index is 12.7. The second-order valence-corrected chi connectivity index (χ2v) is 7.34. The largest absolute Gasteiger partial charge is 0.496 e. The first-order chi connectivity index (χ1) is 13.8. The SMILES string of the molecule is CNC(=O)c1cc(Nc2ncc(C(=O)Nc3c(C)ccc(OC)c3C)s2)nn1C. The molecule has 0 spiro atoms. The van der Waals surface area contributed by atoms with E-state index in [1.807, 2.05) is 26.0 Å². The molecule has 3 N–H and O–H groups in total. The zero-order valence-corrected chi connectivity index (χ0v) is 17.6. The Balaban J connectivity index is 1.75. The first-order valence-corrected chi connectivity index (χ1v) is 9.60. The fourth-order valence-corrected chi connectivity index (χ4v) is 3.55. The summed E-state index contributed by atoms with van der Waals surface area (Å²) in [5.41, 5.74) is 2.93. The molecule has 0 unspecified atom stereocenters. The van der Waals surface area contributed by atoms with Gasteiger partial charge in [-0.15, -0.1) is 0 Å². The van der Waals surface area contributed by atoms with Gasteiger partial charge in [0.05, 0.1) is 19.0 Å². The normalized spacial score (nSPS) is 10.5. The van der Waals surface area contributed by atoms with Gasteiger partial charge in [0, 0.05) is 25.7 Å². The number of thiazole rings is 1. The fraction of sp³-hybridized carbons (Fsp3) is 0.263. The van der Waals surface area contributed by atoms with Crippen molar-refractivity contribution in [2.24, 2.45) is 7.05 Å². The highest BCUT2D eigenvalue weighted by Crippen LogP contribution is 2.30. The van der Waals surface area contributed by atoms with E-state index >= 15 is 0 Å². The Hall–Kier alpha value is -3.40. The highest BCUT2D eigenvalue weighted by Gasteiger charge is 2.17. The molecular formula is C19H22N6O3S. The van der Waals surface area contributed by atoms with Crippen LogP contribution in [0.25, 0.3) is 0 Å². The summed E-state index contributed by atoms with van der Waals surface area (Å²) in [5, 5.41) is 13.2. The Morgan fingerprint density at radius 3 is 2.66 bits per heavy atom. The molecule has 1 aromatic carbocycles. The third kappa shape index (κ3) is 4.21. The van der Waals surface area contributed by atoms with E-state index in [0.29, 0.717) is 27.3 Å². The molecule has 0 atom stereocenters. The maximum absolute atomic E-state index is 12.7. The van der Waals surface area contributed by atoms with Gasteiger partial charge in [-0.2, -0.15) is 5.10 Å². The van der Waals surface area contributed by atoms with E-state index < -0.39 is 0 Å². The Kier molecular flexibility index (Phi) is 5.83. The number of nitrogens with zero attached hydrogens (tertiary/aromatic N) is 3. The molecule has 3 rings (SSSR count). The molecule has 10 heteroatoms. The maximum Gasteiger partial charge on any atom is 0.269 e. The summed E-state index contributed by atoms with van der Waals surface area (Å²) in [7, 11) is 4.83. The van der Waals surface area contributed by atoms with Crippen LogP contribution in [0.1, 0.15) is 31.3 Å². The average Bonchev–Trinajstić information content (AvgIpc) is 3.31.